The highest BCUT2D eigenvalue weighted by Crippen LogP contribution is 2.30. The van der Waals surface area contributed by atoms with Gasteiger partial charge in [-0.25, -0.2) is 4.79 Å². The average Bonchev–Trinajstić information content (AvgIpc) is 2.77. The molecule has 3 rings (SSSR count). The zero-order chi connectivity index (χ0) is 23.3. The van der Waals surface area contributed by atoms with Gasteiger partial charge in [0.2, 0.25) is 3.79 Å². The van der Waals surface area contributed by atoms with Gasteiger partial charge in [0.25, 0.3) is 5.91 Å². The van der Waals surface area contributed by atoms with Crippen LogP contribution in [0.3, 0.4) is 0 Å². The van der Waals surface area contributed by atoms with Gasteiger partial charge in [0.05, 0.1) is 5.56 Å². The number of anilines is 1. The first-order chi connectivity index (χ1) is 15.1. The predicted octanol–water partition coefficient (Wildman–Crippen LogP) is 5.55. The summed E-state index contributed by atoms with van der Waals surface area (Å²) in [6, 6.07) is 15.1. The second-order valence-electron chi connectivity index (χ2n) is 7.05. The van der Waals surface area contributed by atoms with Crippen molar-refractivity contribution < 1.29 is 14.3 Å². The van der Waals surface area contributed by atoms with Gasteiger partial charge in [0, 0.05) is 29.7 Å². The molecule has 0 aliphatic heterocycles. The van der Waals surface area contributed by atoms with Crippen molar-refractivity contribution in [2.75, 3.05) is 11.9 Å². The molecule has 0 aliphatic rings. The van der Waals surface area contributed by atoms with Crippen molar-refractivity contribution in [1.29, 1.82) is 0 Å². The Bertz CT molecular complexity index is 1120. The predicted molar refractivity (Wildman–Crippen MR) is 127 cm³/mol. The number of alkyl halides is 3. The molecular weight excluding hydrogens is 473 g/mol. The first-order valence-corrected chi connectivity index (χ1v) is 10.7. The summed E-state index contributed by atoms with van der Waals surface area (Å²) in [7, 11) is 0. The van der Waals surface area contributed by atoms with Crippen molar-refractivity contribution in [3.8, 4) is 11.1 Å². The number of benzene rings is 2. The molecule has 0 saturated heterocycles. The molecule has 32 heavy (non-hydrogen) atoms. The van der Waals surface area contributed by atoms with Crippen LogP contribution in [0.1, 0.15) is 39.2 Å². The molecule has 1 atom stereocenters. The van der Waals surface area contributed by atoms with Gasteiger partial charge in [-0.3, -0.25) is 9.78 Å². The Hall–Kier alpha value is -2.64. The molecule has 9 heteroatoms. The van der Waals surface area contributed by atoms with Crippen molar-refractivity contribution in [3.63, 3.8) is 0 Å². The SMILES string of the molecule is CC(N)c1ccc(C(=O)Nc2ccncc2)cc1-c1cccc(C(=O)OCC(Cl)(Cl)Cl)c1. The van der Waals surface area contributed by atoms with Crippen LogP contribution in [0, 0.1) is 0 Å². The number of hydrogen-bond donors (Lipinski definition) is 2. The van der Waals surface area contributed by atoms with Gasteiger partial charge in [-0.1, -0.05) is 53.0 Å². The number of nitrogens with zero attached hydrogens (tertiary/aromatic N) is 1. The molecule has 6 nitrogen and oxygen atoms in total. The Morgan fingerprint density at radius 2 is 1.78 bits per heavy atom. The van der Waals surface area contributed by atoms with Crippen molar-refractivity contribution in [2.24, 2.45) is 5.73 Å². The number of esters is 1. The van der Waals surface area contributed by atoms with Crippen LogP contribution < -0.4 is 11.1 Å². The van der Waals surface area contributed by atoms with Crippen molar-refractivity contribution in [2.45, 2.75) is 16.8 Å². The van der Waals surface area contributed by atoms with Gasteiger partial charge in [-0.15, -0.1) is 0 Å². The molecule has 0 saturated carbocycles. The van der Waals surface area contributed by atoms with E-state index in [2.05, 4.69) is 10.3 Å². The molecule has 1 amide bonds. The third kappa shape index (κ3) is 6.43. The van der Waals surface area contributed by atoms with Crippen molar-refractivity contribution in [3.05, 3.63) is 83.7 Å². The van der Waals surface area contributed by atoms with Crippen LogP contribution in [0.25, 0.3) is 11.1 Å². The number of aromatic nitrogens is 1. The summed E-state index contributed by atoms with van der Waals surface area (Å²) in [5, 5.41) is 2.82. The lowest BCUT2D eigenvalue weighted by Crippen LogP contribution is -2.17. The standard InChI is InChI=1S/C23H20Cl3N3O3/c1-14(27)19-6-5-16(21(30)29-18-7-9-28-10-8-18)12-20(19)15-3-2-4-17(11-15)22(31)32-13-23(24,25)26/h2-12,14H,13,27H2,1H3,(H,28,29,30). The summed E-state index contributed by atoms with van der Waals surface area (Å²) in [4.78, 5) is 29.1. The first kappa shape index (κ1) is 24.0. The number of amides is 1. The number of halogens is 3. The molecule has 1 aromatic heterocycles. The highest BCUT2D eigenvalue weighted by molar-refractivity contribution is 6.67. The molecular formula is C23H20Cl3N3O3. The number of hydrogen-bond acceptors (Lipinski definition) is 5. The lowest BCUT2D eigenvalue weighted by molar-refractivity contribution is 0.0512. The number of carbonyl (C=O) groups excluding carboxylic acids is 2. The Balaban J connectivity index is 1.93. The maximum absolute atomic E-state index is 12.8. The fourth-order valence-electron chi connectivity index (χ4n) is 3.03. The zero-order valence-corrected chi connectivity index (χ0v) is 19.3. The average molecular weight is 493 g/mol. The Morgan fingerprint density at radius 3 is 2.44 bits per heavy atom. The van der Waals surface area contributed by atoms with E-state index in [-0.39, 0.29) is 24.1 Å². The van der Waals surface area contributed by atoms with E-state index in [0.29, 0.717) is 16.8 Å². The molecule has 3 N–H and O–H groups in total. The number of pyridine rings is 1. The summed E-state index contributed by atoms with van der Waals surface area (Å²) in [5.74, 6) is -0.918. The van der Waals surface area contributed by atoms with E-state index >= 15 is 0 Å². The van der Waals surface area contributed by atoms with Crippen LogP contribution in [0.2, 0.25) is 0 Å². The van der Waals surface area contributed by atoms with E-state index in [9.17, 15) is 9.59 Å². The molecule has 0 fully saturated rings. The third-order valence-corrected chi connectivity index (χ3v) is 4.85. The van der Waals surface area contributed by atoms with Crippen molar-refractivity contribution in [1.82, 2.24) is 4.98 Å². The lowest BCUT2D eigenvalue weighted by atomic mass is 9.92. The van der Waals surface area contributed by atoms with Gasteiger partial charge in [0.1, 0.15) is 6.61 Å². The maximum atomic E-state index is 12.8. The maximum Gasteiger partial charge on any atom is 0.338 e. The number of nitrogens with one attached hydrogen (secondary N) is 1. The van der Waals surface area contributed by atoms with E-state index in [1.54, 1.807) is 60.9 Å². The van der Waals surface area contributed by atoms with Crippen LogP contribution in [0.15, 0.2) is 67.0 Å². The molecule has 0 radical (unpaired) electrons. The Kier molecular flexibility index (Phi) is 7.74. The molecule has 1 heterocycles. The minimum absolute atomic E-state index is 0.277. The lowest BCUT2D eigenvalue weighted by Gasteiger charge is -2.16. The summed E-state index contributed by atoms with van der Waals surface area (Å²) in [6.45, 7) is 1.46. The number of nitrogens with two attached hydrogens (primary N) is 1. The minimum Gasteiger partial charge on any atom is -0.458 e. The van der Waals surface area contributed by atoms with Crippen molar-refractivity contribution >= 4 is 52.4 Å². The summed E-state index contributed by atoms with van der Waals surface area (Å²) in [6.07, 6.45) is 3.18. The Morgan fingerprint density at radius 1 is 1.06 bits per heavy atom. The number of ether oxygens (including phenoxy) is 1. The molecule has 1 unspecified atom stereocenters. The zero-order valence-electron chi connectivity index (χ0n) is 17.0. The monoisotopic (exact) mass is 491 g/mol. The third-order valence-electron chi connectivity index (χ3n) is 4.52. The largest absolute Gasteiger partial charge is 0.458 e. The van der Waals surface area contributed by atoms with E-state index in [1.807, 2.05) is 13.0 Å². The topological polar surface area (TPSA) is 94.3 Å². The highest BCUT2D eigenvalue weighted by atomic mass is 35.6. The molecule has 0 bridgehead atoms. The molecule has 2 aromatic carbocycles. The van der Waals surface area contributed by atoms with E-state index in [4.69, 9.17) is 45.3 Å². The Labute approximate surface area is 200 Å². The minimum atomic E-state index is -1.70. The normalized spacial score (nSPS) is 12.2. The fraction of sp³-hybridized carbons (Fsp3) is 0.174. The van der Waals surface area contributed by atoms with Crippen LogP contribution in [0.4, 0.5) is 5.69 Å². The number of rotatable bonds is 6. The molecule has 166 valence electrons. The van der Waals surface area contributed by atoms with Crippen LogP contribution in [-0.4, -0.2) is 27.3 Å². The van der Waals surface area contributed by atoms with Gasteiger partial charge >= 0.3 is 5.97 Å². The highest BCUT2D eigenvalue weighted by Gasteiger charge is 2.23. The van der Waals surface area contributed by atoms with Gasteiger partial charge < -0.3 is 15.8 Å². The second-order valence-corrected chi connectivity index (χ2v) is 9.57. The summed E-state index contributed by atoms with van der Waals surface area (Å²) < 4.78 is 3.36. The smallest absolute Gasteiger partial charge is 0.338 e. The van der Waals surface area contributed by atoms with Crippen LogP contribution in [-0.2, 0) is 4.74 Å². The first-order valence-electron chi connectivity index (χ1n) is 9.59. The van der Waals surface area contributed by atoms with E-state index in [1.165, 1.54) is 0 Å². The van der Waals surface area contributed by atoms with Crippen LogP contribution >= 0.6 is 34.8 Å². The fourth-order valence-corrected chi connectivity index (χ4v) is 3.19. The molecule has 0 aliphatic carbocycles. The van der Waals surface area contributed by atoms with Gasteiger partial charge in [0.15, 0.2) is 0 Å². The van der Waals surface area contributed by atoms with Gasteiger partial charge in [-0.05, 0) is 60.0 Å². The van der Waals surface area contributed by atoms with E-state index in [0.717, 1.165) is 11.1 Å². The summed E-state index contributed by atoms with van der Waals surface area (Å²) in [5.41, 5.74) is 9.72. The van der Waals surface area contributed by atoms with Gasteiger partial charge in [-0.2, -0.15) is 0 Å². The van der Waals surface area contributed by atoms with Crippen LogP contribution in [0.5, 0.6) is 0 Å². The second kappa shape index (κ2) is 10.3. The number of carbonyl (C=O) groups is 2. The molecule has 0 spiro atoms. The summed E-state index contributed by atoms with van der Waals surface area (Å²) >= 11 is 17.0. The van der Waals surface area contributed by atoms with E-state index < -0.39 is 9.76 Å². The molecule has 3 aromatic rings. The quantitative estimate of drug-likeness (QED) is 0.348.